The predicted molar refractivity (Wildman–Crippen MR) is 74.7 cm³/mol. The largest absolute Gasteiger partial charge is 0.264 e. The molecule has 0 bridgehead atoms. The predicted octanol–water partition coefficient (Wildman–Crippen LogP) is 3.50. The zero-order valence-corrected chi connectivity index (χ0v) is 11.6. The van der Waals surface area contributed by atoms with Crippen molar-refractivity contribution in [2.75, 3.05) is 0 Å². The summed E-state index contributed by atoms with van der Waals surface area (Å²) < 4.78 is 0. The van der Waals surface area contributed by atoms with Crippen LogP contribution in [0.25, 0.3) is 11.4 Å². The maximum absolute atomic E-state index is 6.24. The minimum absolute atomic E-state index is 0.596. The Kier molecular flexibility index (Phi) is 3.22. The molecule has 0 amide bonds. The van der Waals surface area contributed by atoms with Gasteiger partial charge in [0, 0.05) is 35.0 Å². The van der Waals surface area contributed by atoms with E-state index in [2.05, 4.69) is 21.9 Å². The van der Waals surface area contributed by atoms with Gasteiger partial charge in [-0.3, -0.25) is 4.98 Å². The van der Waals surface area contributed by atoms with E-state index in [9.17, 15) is 0 Å². The van der Waals surface area contributed by atoms with E-state index in [4.69, 9.17) is 11.6 Å². The second-order valence-corrected chi connectivity index (χ2v) is 5.49. The van der Waals surface area contributed by atoms with Gasteiger partial charge in [0.2, 0.25) is 0 Å². The zero-order chi connectivity index (χ0) is 12.5. The second kappa shape index (κ2) is 4.86. The van der Waals surface area contributed by atoms with Gasteiger partial charge in [-0.05, 0) is 18.1 Å². The van der Waals surface area contributed by atoms with Crippen molar-refractivity contribution in [3.63, 3.8) is 0 Å². The lowest BCUT2D eigenvalue weighted by Crippen LogP contribution is -1.99. The number of rotatable bonds is 2. The van der Waals surface area contributed by atoms with Crippen molar-refractivity contribution in [1.82, 2.24) is 15.0 Å². The Morgan fingerprint density at radius 2 is 2.22 bits per heavy atom. The summed E-state index contributed by atoms with van der Waals surface area (Å²) in [6.45, 7) is 2.10. The minimum atomic E-state index is 0.596. The molecule has 2 aromatic heterocycles. The fourth-order valence-electron chi connectivity index (χ4n) is 2.06. The van der Waals surface area contributed by atoms with Crippen LogP contribution >= 0.6 is 23.4 Å². The highest BCUT2D eigenvalue weighted by atomic mass is 35.5. The number of hydrogen-bond donors (Lipinski definition) is 0. The summed E-state index contributed by atoms with van der Waals surface area (Å²) in [7, 11) is 0. The van der Waals surface area contributed by atoms with Gasteiger partial charge in [0.15, 0.2) is 5.82 Å². The highest BCUT2D eigenvalue weighted by molar-refractivity contribution is 7.98. The number of fused-ring (bicyclic) bond motifs is 1. The molecule has 0 atom stereocenters. The fourth-order valence-corrected chi connectivity index (χ4v) is 3.44. The van der Waals surface area contributed by atoms with Gasteiger partial charge in [-0.15, -0.1) is 0 Å². The Labute approximate surface area is 115 Å². The van der Waals surface area contributed by atoms with Gasteiger partial charge in [0.05, 0.1) is 5.69 Å². The molecule has 1 aliphatic heterocycles. The summed E-state index contributed by atoms with van der Waals surface area (Å²) in [6.07, 6.45) is 4.55. The summed E-state index contributed by atoms with van der Waals surface area (Å²) in [5, 5.41) is 0.596. The lowest BCUT2D eigenvalue weighted by molar-refractivity contribution is 1.04. The van der Waals surface area contributed by atoms with Crippen LogP contribution in [0.2, 0.25) is 5.15 Å². The van der Waals surface area contributed by atoms with E-state index >= 15 is 0 Å². The summed E-state index contributed by atoms with van der Waals surface area (Å²) >= 11 is 8.07. The van der Waals surface area contributed by atoms with Gasteiger partial charge in [0.25, 0.3) is 0 Å². The van der Waals surface area contributed by atoms with Crippen LogP contribution in [0.3, 0.4) is 0 Å². The monoisotopic (exact) mass is 277 g/mol. The van der Waals surface area contributed by atoms with Crippen molar-refractivity contribution in [3.8, 4) is 11.4 Å². The third-order valence-electron chi connectivity index (χ3n) is 3.05. The Morgan fingerprint density at radius 1 is 1.33 bits per heavy atom. The standard InChI is InChI=1S/C13H12ClN3S/c1-2-8-5-15-4-3-9(8)13-16-11-7-18-6-10(11)12(14)17-13/h3-5H,2,6-7H2,1H3. The van der Waals surface area contributed by atoms with Gasteiger partial charge in [-0.2, -0.15) is 11.8 Å². The number of aryl methyl sites for hydroxylation is 1. The molecule has 0 spiro atoms. The number of thioether (sulfide) groups is 1. The average Bonchev–Trinajstić information content (AvgIpc) is 2.87. The number of nitrogens with zero attached hydrogens (tertiary/aromatic N) is 3. The molecule has 0 saturated carbocycles. The first-order valence-corrected chi connectivity index (χ1v) is 7.39. The molecular formula is C13H12ClN3S. The van der Waals surface area contributed by atoms with Gasteiger partial charge < -0.3 is 0 Å². The van der Waals surface area contributed by atoms with Crippen LogP contribution in [0.4, 0.5) is 0 Å². The van der Waals surface area contributed by atoms with E-state index in [-0.39, 0.29) is 0 Å². The molecule has 0 unspecified atom stereocenters. The molecular weight excluding hydrogens is 266 g/mol. The van der Waals surface area contributed by atoms with E-state index in [1.54, 1.807) is 6.20 Å². The van der Waals surface area contributed by atoms with Crippen molar-refractivity contribution in [3.05, 3.63) is 40.4 Å². The smallest absolute Gasteiger partial charge is 0.161 e. The number of pyridine rings is 1. The summed E-state index contributed by atoms with van der Waals surface area (Å²) in [4.78, 5) is 13.2. The summed E-state index contributed by atoms with van der Waals surface area (Å²) in [6, 6.07) is 1.96. The Balaban J connectivity index is 2.15. The van der Waals surface area contributed by atoms with Crippen molar-refractivity contribution in [2.24, 2.45) is 0 Å². The van der Waals surface area contributed by atoms with Crippen LogP contribution in [-0.4, -0.2) is 15.0 Å². The van der Waals surface area contributed by atoms with Crippen LogP contribution in [0.5, 0.6) is 0 Å². The van der Waals surface area contributed by atoms with Crippen LogP contribution in [0.15, 0.2) is 18.5 Å². The quantitative estimate of drug-likeness (QED) is 0.788. The topological polar surface area (TPSA) is 38.7 Å². The highest BCUT2D eigenvalue weighted by Gasteiger charge is 2.19. The van der Waals surface area contributed by atoms with E-state index in [0.29, 0.717) is 5.15 Å². The number of hydrogen-bond acceptors (Lipinski definition) is 4. The Bertz CT molecular complexity index is 601. The van der Waals surface area contributed by atoms with E-state index < -0.39 is 0 Å². The number of halogens is 1. The van der Waals surface area contributed by atoms with Crippen LogP contribution in [0.1, 0.15) is 23.7 Å². The first kappa shape index (κ1) is 11.9. The van der Waals surface area contributed by atoms with Crippen LogP contribution in [-0.2, 0) is 17.9 Å². The van der Waals surface area contributed by atoms with E-state index in [1.807, 2.05) is 24.0 Å². The second-order valence-electron chi connectivity index (χ2n) is 4.14. The van der Waals surface area contributed by atoms with Gasteiger partial charge in [0.1, 0.15) is 5.15 Å². The van der Waals surface area contributed by atoms with E-state index in [0.717, 1.165) is 46.1 Å². The Hall–Kier alpha value is -1.13. The molecule has 2 aromatic rings. The molecule has 3 heterocycles. The van der Waals surface area contributed by atoms with Gasteiger partial charge >= 0.3 is 0 Å². The SMILES string of the molecule is CCc1cnccc1-c1nc(Cl)c2c(n1)CSC2. The average molecular weight is 278 g/mol. The molecule has 0 aliphatic carbocycles. The van der Waals surface area contributed by atoms with E-state index in [1.165, 1.54) is 0 Å². The molecule has 0 radical (unpaired) electrons. The normalized spacial score (nSPS) is 13.7. The third-order valence-corrected chi connectivity index (χ3v) is 4.34. The minimum Gasteiger partial charge on any atom is -0.264 e. The molecule has 1 aliphatic rings. The maximum Gasteiger partial charge on any atom is 0.161 e. The summed E-state index contributed by atoms with van der Waals surface area (Å²) in [5.74, 6) is 2.57. The molecule has 0 fully saturated rings. The third kappa shape index (κ3) is 1.99. The highest BCUT2D eigenvalue weighted by Crippen LogP contribution is 2.34. The van der Waals surface area contributed by atoms with Crippen molar-refractivity contribution < 1.29 is 0 Å². The molecule has 18 heavy (non-hydrogen) atoms. The molecule has 92 valence electrons. The molecule has 3 nitrogen and oxygen atoms in total. The lowest BCUT2D eigenvalue weighted by Gasteiger charge is -2.08. The Morgan fingerprint density at radius 3 is 3.06 bits per heavy atom. The zero-order valence-electron chi connectivity index (χ0n) is 9.98. The van der Waals surface area contributed by atoms with Gasteiger partial charge in [-0.1, -0.05) is 18.5 Å². The van der Waals surface area contributed by atoms with Gasteiger partial charge in [-0.25, -0.2) is 9.97 Å². The summed E-state index contributed by atoms with van der Waals surface area (Å²) in [5.41, 5.74) is 4.36. The number of aromatic nitrogens is 3. The molecule has 5 heteroatoms. The fraction of sp³-hybridized carbons (Fsp3) is 0.308. The lowest BCUT2D eigenvalue weighted by atomic mass is 10.1. The van der Waals surface area contributed by atoms with Crippen molar-refractivity contribution in [2.45, 2.75) is 24.9 Å². The molecule has 3 rings (SSSR count). The molecule has 0 N–H and O–H groups in total. The van der Waals surface area contributed by atoms with Crippen LogP contribution < -0.4 is 0 Å². The van der Waals surface area contributed by atoms with Crippen molar-refractivity contribution >= 4 is 23.4 Å². The maximum atomic E-state index is 6.24. The first-order chi connectivity index (χ1) is 8.79. The molecule has 0 aromatic carbocycles. The first-order valence-electron chi connectivity index (χ1n) is 5.86. The van der Waals surface area contributed by atoms with Crippen molar-refractivity contribution in [1.29, 1.82) is 0 Å². The van der Waals surface area contributed by atoms with Crippen LogP contribution in [0, 0.1) is 0 Å². The molecule has 0 saturated heterocycles.